The Morgan fingerprint density at radius 3 is 2.76 bits per heavy atom. The van der Waals surface area contributed by atoms with E-state index < -0.39 is 0 Å². The number of aryl methyl sites for hydroxylation is 1. The van der Waals surface area contributed by atoms with Gasteiger partial charge in [-0.1, -0.05) is 11.6 Å². The average Bonchev–Trinajstić information content (AvgIpc) is 3.02. The number of aromatic nitrogens is 2. The van der Waals surface area contributed by atoms with Crippen LogP contribution in [0.2, 0.25) is 0 Å². The van der Waals surface area contributed by atoms with E-state index in [1.165, 1.54) is 38.5 Å². The molecule has 1 aromatic rings. The van der Waals surface area contributed by atoms with Gasteiger partial charge in [-0.05, 0) is 51.9 Å². The Labute approximate surface area is 127 Å². The second-order valence-electron chi connectivity index (χ2n) is 6.17. The molecule has 4 heteroatoms. The summed E-state index contributed by atoms with van der Waals surface area (Å²) in [6, 6.07) is 2.05. The molecule has 2 aliphatic rings. The number of nitrogens with one attached hydrogen (secondary N) is 1. The Kier molecular flexibility index (Phi) is 4.73. The smallest absolute Gasteiger partial charge is 0.227 e. The zero-order valence-corrected chi connectivity index (χ0v) is 13.1. The van der Waals surface area contributed by atoms with Crippen LogP contribution < -0.4 is 10.2 Å². The van der Waals surface area contributed by atoms with Crippen molar-refractivity contribution in [2.75, 3.05) is 29.9 Å². The molecule has 1 aliphatic carbocycles. The standard InChI is InChI=1S/C17H26N4/c1-14-13-16(18-10-9-15-7-3-2-4-8-15)20-17(19-14)21-11-5-6-12-21/h7,13H,2-6,8-12H2,1H3,(H,18,19,20). The molecule has 114 valence electrons. The average molecular weight is 286 g/mol. The molecule has 0 aromatic carbocycles. The third-order valence-electron chi connectivity index (χ3n) is 4.37. The molecular weight excluding hydrogens is 260 g/mol. The van der Waals surface area contributed by atoms with Crippen molar-refractivity contribution in [3.63, 3.8) is 0 Å². The van der Waals surface area contributed by atoms with E-state index in [1.807, 2.05) is 0 Å². The molecule has 0 bridgehead atoms. The van der Waals surface area contributed by atoms with Crippen molar-refractivity contribution in [2.45, 2.75) is 51.9 Å². The van der Waals surface area contributed by atoms with Crippen molar-refractivity contribution in [2.24, 2.45) is 0 Å². The second kappa shape index (κ2) is 6.92. The highest BCUT2D eigenvalue weighted by Crippen LogP contribution is 2.21. The van der Waals surface area contributed by atoms with E-state index in [1.54, 1.807) is 5.57 Å². The van der Waals surface area contributed by atoms with Crippen molar-refractivity contribution in [1.29, 1.82) is 0 Å². The fourth-order valence-electron chi connectivity index (χ4n) is 3.18. The van der Waals surface area contributed by atoms with Crippen molar-refractivity contribution in [3.05, 3.63) is 23.4 Å². The summed E-state index contributed by atoms with van der Waals surface area (Å²) >= 11 is 0. The highest BCUT2D eigenvalue weighted by Gasteiger charge is 2.15. The zero-order valence-electron chi connectivity index (χ0n) is 13.1. The lowest BCUT2D eigenvalue weighted by Crippen LogP contribution is -2.21. The Bertz CT molecular complexity index is 504. The minimum atomic E-state index is 0.895. The van der Waals surface area contributed by atoms with Gasteiger partial charge >= 0.3 is 0 Å². The van der Waals surface area contributed by atoms with Gasteiger partial charge < -0.3 is 10.2 Å². The monoisotopic (exact) mass is 286 g/mol. The first kappa shape index (κ1) is 14.4. The van der Waals surface area contributed by atoms with E-state index in [-0.39, 0.29) is 0 Å². The first-order valence-corrected chi connectivity index (χ1v) is 8.34. The predicted molar refractivity (Wildman–Crippen MR) is 87.9 cm³/mol. The van der Waals surface area contributed by atoms with Crippen molar-refractivity contribution < 1.29 is 0 Å². The van der Waals surface area contributed by atoms with E-state index >= 15 is 0 Å². The summed E-state index contributed by atoms with van der Waals surface area (Å²) in [5.41, 5.74) is 2.66. The number of rotatable bonds is 5. The normalized spacial score (nSPS) is 18.7. The molecule has 1 aromatic heterocycles. The van der Waals surface area contributed by atoms with Gasteiger partial charge in [0, 0.05) is 31.4 Å². The van der Waals surface area contributed by atoms with Crippen LogP contribution >= 0.6 is 0 Å². The van der Waals surface area contributed by atoms with E-state index in [2.05, 4.69) is 39.3 Å². The van der Waals surface area contributed by atoms with Gasteiger partial charge in [-0.3, -0.25) is 0 Å². The molecule has 4 nitrogen and oxygen atoms in total. The summed E-state index contributed by atoms with van der Waals surface area (Å²) in [4.78, 5) is 11.6. The number of allylic oxidation sites excluding steroid dienone is 1. The van der Waals surface area contributed by atoms with Gasteiger partial charge in [0.2, 0.25) is 5.95 Å². The quantitative estimate of drug-likeness (QED) is 0.838. The number of hydrogen-bond acceptors (Lipinski definition) is 4. The minimum Gasteiger partial charge on any atom is -0.370 e. The van der Waals surface area contributed by atoms with Gasteiger partial charge in [0.1, 0.15) is 5.82 Å². The third-order valence-corrected chi connectivity index (χ3v) is 4.37. The number of hydrogen-bond donors (Lipinski definition) is 1. The maximum Gasteiger partial charge on any atom is 0.227 e. The van der Waals surface area contributed by atoms with E-state index in [4.69, 9.17) is 0 Å². The fraction of sp³-hybridized carbons (Fsp3) is 0.647. The van der Waals surface area contributed by atoms with Crippen LogP contribution in [0, 0.1) is 6.92 Å². The van der Waals surface area contributed by atoms with Gasteiger partial charge in [0.15, 0.2) is 0 Å². The third kappa shape index (κ3) is 3.96. The van der Waals surface area contributed by atoms with Crippen LogP contribution in [-0.2, 0) is 0 Å². The molecule has 1 aliphatic heterocycles. The summed E-state index contributed by atoms with van der Waals surface area (Å²) in [6.07, 6.45) is 11.3. The predicted octanol–water partition coefficient (Wildman–Crippen LogP) is 3.69. The second-order valence-corrected chi connectivity index (χ2v) is 6.17. The maximum atomic E-state index is 4.68. The Morgan fingerprint density at radius 2 is 2.00 bits per heavy atom. The summed E-state index contributed by atoms with van der Waals surface area (Å²) in [7, 11) is 0. The summed E-state index contributed by atoms with van der Waals surface area (Å²) < 4.78 is 0. The topological polar surface area (TPSA) is 41.1 Å². The largest absolute Gasteiger partial charge is 0.370 e. The lowest BCUT2D eigenvalue weighted by Gasteiger charge is -2.17. The summed E-state index contributed by atoms with van der Waals surface area (Å²) in [5, 5.41) is 3.48. The molecule has 21 heavy (non-hydrogen) atoms. The number of anilines is 2. The molecule has 0 radical (unpaired) electrons. The fourth-order valence-corrected chi connectivity index (χ4v) is 3.18. The number of nitrogens with zero attached hydrogens (tertiary/aromatic N) is 3. The minimum absolute atomic E-state index is 0.895. The first-order valence-electron chi connectivity index (χ1n) is 8.34. The maximum absolute atomic E-state index is 4.68. The molecule has 2 heterocycles. The lowest BCUT2D eigenvalue weighted by atomic mass is 9.97. The van der Waals surface area contributed by atoms with Crippen molar-refractivity contribution in [3.8, 4) is 0 Å². The summed E-state index contributed by atoms with van der Waals surface area (Å²) in [6.45, 7) is 5.21. The molecule has 1 N–H and O–H groups in total. The van der Waals surface area contributed by atoms with Crippen LogP contribution in [0.5, 0.6) is 0 Å². The zero-order chi connectivity index (χ0) is 14.5. The molecule has 0 amide bonds. The Balaban J connectivity index is 1.58. The first-order chi connectivity index (χ1) is 10.3. The summed E-state index contributed by atoms with van der Waals surface area (Å²) in [5.74, 6) is 1.87. The van der Waals surface area contributed by atoms with Crippen LogP contribution in [-0.4, -0.2) is 29.6 Å². The van der Waals surface area contributed by atoms with E-state index in [9.17, 15) is 0 Å². The Morgan fingerprint density at radius 1 is 1.14 bits per heavy atom. The van der Waals surface area contributed by atoms with Crippen molar-refractivity contribution in [1.82, 2.24) is 9.97 Å². The Hall–Kier alpha value is -1.58. The molecular formula is C17H26N4. The van der Waals surface area contributed by atoms with Crippen LogP contribution in [0.3, 0.4) is 0 Å². The SMILES string of the molecule is Cc1cc(NCCC2=CCCCC2)nc(N2CCCC2)n1. The molecule has 0 saturated carbocycles. The van der Waals surface area contributed by atoms with Gasteiger partial charge in [-0.2, -0.15) is 4.98 Å². The molecule has 1 saturated heterocycles. The van der Waals surface area contributed by atoms with Gasteiger partial charge in [-0.25, -0.2) is 4.98 Å². The van der Waals surface area contributed by atoms with Crippen LogP contribution in [0.15, 0.2) is 17.7 Å². The van der Waals surface area contributed by atoms with Gasteiger partial charge in [0.05, 0.1) is 0 Å². The van der Waals surface area contributed by atoms with E-state index in [0.717, 1.165) is 43.5 Å². The highest BCUT2D eigenvalue weighted by molar-refractivity contribution is 5.44. The molecule has 3 rings (SSSR count). The highest BCUT2D eigenvalue weighted by atomic mass is 15.3. The lowest BCUT2D eigenvalue weighted by molar-refractivity contribution is 0.679. The molecule has 0 spiro atoms. The van der Waals surface area contributed by atoms with Crippen LogP contribution in [0.4, 0.5) is 11.8 Å². The molecule has 0 unspecified atom stereocenters. The van der Waals surface area contributed by atoms with Gasteiger partial charge in [-0.15, -0.1) is 0 Å². The van der Waals surface area contributed by atoms with Crippen LogP contribution in [0.25, 0.3) is 0 Å². The molecule has 1 fully saturated rings. The van der Waals surface area contributed by atoms with E-state index in [0.29, 0.717) is 0 Å². The molecule has 0 atom stereocenters. The van der Waals surface area contributed by atoms with Crippen LogP contribution in [0.1, 0.15) is 50.6 Å². The van der Waals surface area contributed by atoms with Crippen molar-refractivity contribution >= 4 is 11.8 Å². The van der Waals surface area contributed by atoms with Gasteiger partial charge in [0.25, 0.3) is 0 Å².